The number of fused-ring (bicyclic) bond motifs is 3. The van der Waals surface area contributed by atoms with Gasteiger partial charge in [0.25, 0.3) is 0 Å². The van der Waals surface area contributed by atoms with Crippen molar-refractivity contribution in [1.82, 2.24) is 4.90 Å². The summed E-state index contributed by atoms with van der Waals surface area (Å²) in [7, 11) is 0. The number of ketones is 4. The van der Waals surface area contributed by atoms with Gasteiger partial charge in [-0.1, -0.05) is 18.2 Å². The highest BCUT2D eigenvalue weighted by molar-refractivity contribution is 6.31. The molecule has 0 bridgehead atoms. The molecule has 2 aromatic carbocycles. The average molecular weight is 656 g/mol. The Morgan fingerprint density at radius 1 is 0.979 bits per heavy atom. The second kappa shape index (κ2) is 11.1. The van der Waals surface area contributed by atoms with Gasteiger partial charge in [0.2, 0.25) is 11.8 Å². The van der Waals surface area contributed by atoms with Gasteiger partial charge >= 0.3 is 12.1 Å². The minimum atomic E-state index is -5.11. The van der Waals surface area contributed by atoms with Crippen LogP contribution in [0.1, 0.15) is 41.6 Å². The second-order valence-corrected chi connectivity index (χ2v) is 12.4. The molecule has 5 N–H and O–H groups in total. The van der Waals surface area contributed by atoms with E-state index in [0.29, 0.717) is 21.6 Å². The Morgan fingerprint density at radius 2 is 1.66 bits per heavy atom. The van der Waals surface area contributed by atoms with Gasteiger partial charge < -0.3 is 26.2 Å². The summed E-state index contributed by atoms with van der Waals surface area (Å²) in [5, 5.41) is 24.6. The standard InChI is InChI=1S/C32H28F3N3O9/c33-32(34,35)30(46)38-9-1-2-19(38)29(45)37-16-5-3-13(4-6-16)17-7-8-20(39)23-18(17)11-14-10-15-12-21(40)24(28(36)44)27(43)31(15,47)26(42)22(14)25(23)41/h3-8,14-15,19,22,24,39,47H,1-2,9-12H2,(H2,36,44)(H,37,45)/t14-,15+,19?,22?,24?,31+/m1/s1. The highest BCUT2D eigenvalue weighted by atomic mass is 19.4. The van der Waals surface area contributed by atoms with E-state index < -0.39 is 94.5 Å². The summed E-state index contributed by atoms with van der Waals surface area (Å²) in [6, 6.07) is 7.58. The van der Waals surface area contributed by atoms with E-state index in [-0.39, 0.29) is 43.5 Å². The maximum Gasteiger partial charge on any atom is 0.471 e. The molecule has 0 spiro atoms. The number of nitrogens with two attached hydrogens (primary N) is 1. The normalized spacial score (nSPS) is 28.8. The van der Waals surface area contributed by atoms with E-state index in [2.05, 4.69) is 5.32 Å². The molecule has 3 fully saturated rings. The van der Waals surface area contributed by atoms with Crippen molar-refractivity contribution >= 4 is 46.5 Å². The molecule has 2 aromatic rings. The first-order valence-corrected chi connectivity index (χ1v) is 14.9. The van der Waals surface area contributed by atoms with Crippen LogP contribution in [-0.4, -0.2) is 80.3 Å². The SMILES string of the molecule is NC(=O)C1C(=O)C[C@@H]2C[C@@H]3Cc4c(-c5ccc(NC(=O)C6CCCN6C(=O)C(F)(F)F)cc5)ccc(O)c4C(=O)C3C(=O)[C@]2(O)C1=O. The molecule has 47 heavy (non-hydrogen) atoms. The largest absolute Gasteiger partial charge is 0.507 e. The molecular formula is C32H28F3N3O9. The number of aliphatic hydroxyl groups is 1. The Bertz CT molecular complexity index is 1770. The molecule has 6 rings (SSSR count). The molecule has 3 amide bonds. The maximum atomic E-state index is 13.8. The lowest BCUT2D eigenvalue weighted by atomic mass is 9.53. The van der Waals surface area contributed by atoms with Gasteiger partial charge in [-0.05, 0) is 66.5 Å². The van der Waals surface area contributed by atoms with Crippen molar-refractivity contribution < 1.29 is 56.9 Å². The molecule has 15 heteroatoms. The molecule has 1 saturated heterocycles. The Balaban J connectivity index is 1.27. The number of aromatic hydroxyl groups is 1. The third-order valence-electron chi connectivity index (χ3n) is 9.81. The molecular weight excluding hydrogens is 627 g/mol. The van der Waals surface area contributed by atoms with Crippen LogP contribution >= 0.6 is 0 Å². The maximum absolute atomic E-state index is 13.8. The summed E-state index contributed by atoms with van der Waals surface area (Å²) in [6.45, 7) is -0.200. The van der Waals surface area contributed by atoms with E-state index in [4.69, 9.17) is 5.73 Å². The number of Topliss-reactive ketones (excluding diaryl/α,β-unsaturated/α-hetero) is 4. The highest BCUT2D eigenvalue weighted by Crippen LogP contribution is 2.51. The molecule has 3 unspecified atom stereocenters. The molecule has 0 radical (unpaired) electrons. The fourth-order valence-corrected chi connectivity index (χ4v) is 7.64. The van der Waals surface area contributed by atoms with E-state index in [1.165, 1.54) is 18.2 Å². The number of anilines is 1. The number of hydrogen-bond acceptors (Lipinski definition) is 9. The number of nitrogens with zero attached hydrogens (tertiary/aromatic N) is 1. The van der Waals surface area contributed by atoms with E-state index in [0.717, 1.165) is 0 Å². The summed E-state index contributed by atoms with van der Waals surface area (Å²) < 4.78 is 38.9. The third-order valence-corrected chi connectivity index (χ3v) is 9.81. The molecule has 246 valence electrons. The second-order valence-electron chi connectivity index (χ2n) is 12.4. The predicted octanol–water partition coefficient (Wildman–Crippen LogP) is 1.49. The van der Waals surface area contributed by atoms with Crippen LogP contribution in [0.4, 0.5) is 18.9 Å². The Morgan fingerprint density at radius 3 is 2.30 bits per heavy atom. The molecule has 6 atom stereocenters. The van der Waals surface area contributed by atoms with Crippen molar-refractivity contribution in [1.29, 1.82) is 0 Å². The summed E-state index contributed by atoms with van der Waals surface area (Å²) in [5.41, 5.74) is 3.87. The minimum Gasteiger partial charge on any atom is -0.507 e. The number of benzene rings is 2. The van der Waals surface area contributed by atoms with Gasteiger partial charge in [-0.15, -0.1) is 0 Å². The molecule has 1 aliphatic heterocycles. The van der Waals surface area contributed by atoms with Crippen LogP contribution < -0.4 is 11.1 Å². The smallest absolute Gasteiger partial charge is 0.471 e. The van der Waals surface area contributed by atoms with Crippen molar-refractivity contribution in [3.63, 3.8) is 0 Å². The number of nitrogens with one attached hydrogen (secondary N) is 1. The number of primary amides is 1. The van der Waals surface area contributed by atoms with Crippen LogP contribution in [0.5, 0.6) is 5.75 Å². The van der Waals surface area contributed by atoms with Crippen LogP contribution in [0, 0.1) is 23.7 Å². The first kappa shape index (κ1) is 32.0. The van der Waals surface area contributed by atoms with Crippen LogP contribution in [-0.2, 0) is 35.2 Å². The number of carbonyl (C=O) groups excluding carboxylic acids is 7. The van der Waals surface area contributed by atoms with E-state index >= 15 is 0 Å². The zero-order chi connectivity index (χ0) is 34.2. The van der Waals surface area contributed by atoms with E-state index in [1.807, 2.05) is 0 Å². The van der Waals surface area contributed by atoms with Gasteiger partial charge in [0.05, 0.1) is 11.5 Å². The van der Waals surface area contributed by atoms with Gasteiger partial charge in [0, 0.05) is 24.6 Å². The van der Waals surface area contributed by atoms with Crippen LogP contribution in [0.3, 0.4) is 0 Å². The number of alkyl halides is 3. The molecule has 12 nitrogen and oxygen atoms in total. The molecule has 2 saturated carbocycles. The number of halogens is 3. The number of hydrogen-bond donors (Lipinski definition) is 4. The quantitative estimate of drug-likeness (QED) is 0.352. The minimum absolute atomic E-state index is 0.0542. The molecule has 3 aliphatic carbocycles. The number of carbonyl (C=O) groups is 7. The molecule has 1 heterocycles. The van der Waals surface area contributed by atoms with Crippen LogP contribution in [0.15, 0.2) is 36.4 Å². The monoisotopic (exact) mass is 655 g/mol. The lowest BCUT2D eigenvalue weighted by Gasteiger charge is -2.48. The first-order valence-electron chi connectivity index (χ1n) is 14.9. The predicted molar refractivity (Wildman–Crippen MR) is 153 cm³/mol. The van der Waals surface area contributed by atoms with Crippen molar-refractivity contribution in [3.05, 3.63) is 47.5 Å². The van der Waals surface area contributed by atoms with Crippen molar-refractivity contribution in [3.8, 4) is 16.9 Å². The summed E-state index contributed by atoms with van der Waals surface area (Å²) >= 11 is 0. The third kappa shape index (κ3) is 4.99. The average Bonchev–Trinajstić information content (AvgIpc) is 3.49. The lowest BCUT2D eigenvalue weighted by Crippen LogP contribution is -2.68. The zero-order valence-corrected chi connectivity index (χ0v) is 24.5. The van der Waals surface area contributed by atoms with Gasteiger partial charge in [0.15, 0.2) is 34.7 Å². The number of rotatable bonds is 4. The number of phenolic OH excluding ortho intramolecular Hbond substituents is 1. The van der Waals surface area contributed by atoms with Crippen LogP contribution in [0.25, 0.3) is 11.1 Å². The highest BCUT2D eigenvalue weighted by Gasteiger charge is 2.66. The number of phenols is 1. The fraction of sp³-hybridized carbons (Fsp3) is 0.406. The Kier molecular flexibility index (Phi) is 7.57. The zero-order valence-electron chi connectivity index (χ0n) is 24.5. The van der Waals surface area contributed by atoms with E-state index in [1.54, 1.807) is 18.2 Å². The number of likely N-dealkylation sites (tertiary alicyclic amines) is 1. The van der Waals surface area contributed by atoms with Gasteiger partial charge in [-0.25, -0.2) is 0 Å². The first-order chi connectivity index (χ1) is 22.0. The summed E-state index contributed by atoms with van der Waals surface area (Å²) in [4.78, 5) is 90.0. The topological polar surface area (TPSA) is 201 Å². The Hall–Kier alpha value is -4.92. The van der Waals surface area contributed by atoms with Gasteiger partial charge in [0.1, 0.15) is 11.8 Å². The summed E-state index contributed by atoms with van der Waals surface area (Å²) in [6.07, 6.45) is -5.29. The lowest BCUT2D eigenvalue weighted by molar-refractivity contribution is -0.186. The van der Waals surface area contributed by atoms with Crippen LogP contribution in [0.2, 0.25) is 0 Å². The molecule has 4 aliphatic rings. The van der Waals surface area contributed by atoms with Gasteiger partial charge in [-0.2, -0.15) is 13.2 Å². The van der Waals surface area contributed by atoms with Gasteiger partial charge in [-0.3, -0.25) is 33.6 Å². The fourth-order valence-electron chi connectivity index (χ4n) is 7.64. The van der Waals surface area contributed by atoms with Crippen molar-refractivity contribution in [2.75, 3.05) is 11.9 Å². The molecule has 0 aromatic heterocycles. The summed E-state index contributed by atoms with van der Waals surface area (Å²) in [5.74, 6) is -14.2. The van der Waals surface area contributed by atoms with Crippen molar-refractivity contribution in [2.24, 2.45) is 29.4 Å². The van der Waals surface area contributed by atoms with E-state index in [9.17, 15) is 56.9 Å². The Labute approximate surface area is 264 Å². The number of amides is 3. The van der Waals surface area contributed by atoms with Crippen molar-refractivity contribution in [2.45, 2.75) is 49.9 Å².